The van der Waals surface area contributed by atoms with Gasteiger partial charge in [-0.15, -0.1) is 13.2 Å². The summed E-state index contributed by atoms with van der Waals surface area (Å²) < 4.78 is 40.5. The van der Waals surface area contributed by atoms with Crippen molar-refractivity contribution in [2.45, 2.75) is 13.3 Å². The quantitative estimate of drug-likeness (QED) is 0.542. The van der Waals surface area contributed by atoms with Crippen LogP contribution >= 0.6 is 38.5 Å². The van der Waals surface area contributed by atoms with E-state index in [4.69, 9.17) is 0 Å². The smallest absolute Gasteiger partial charge is 0.405 e. The van der Waals surface area contributed by atoms with Gasteiger partial charge in [0, 0.05) is 10.0 Å². The minimum atomic E-state index is -4.76. The lowest BCUT2D eigenvalue weighted by Gasteiger charge is -2.13. The lowest BCUT2D eigenvalue weighted by molar-refractivity contribution is -0.275. The Balaban J connectivity index is 3.24. The van der Waals surface area contributed by atoms with Crippen LogP contribution in [0.15, 0.2) is 16.6 Å². The summed E-state index contributed by atoms with van der Waals surface area (Å²) in [6, 6.07) is 2.51. The number of hydrogen-bond acceptors (Lipinski definition) is 2. The molecule has 0 spiro atoms. The van der Waals surface area contributed by atoms with Gasteiger partial charge in [-0.3, -0.25) is 4.79 Å². The lowest BCUT2D eigenvalue weighted by atomic mass is 10.1. The number of ketones is 1. The number of ether oxygens (including phenoxy) is 1. The maximum absolute atomic E-state index is 12.0. The molecule has 1 rings (SSSR count). The second-order valence-electron chi connectivity index (χ2n) is 2.84. The molecule has 1 aromatic carbocycles. The summed E-state index contributed by atoms with van der Waals surface area (Å²) in [7, 11) is 0. The molecule has 88 valence electrons. The minimum Gasteiger partial charge on any atom is -0.405 e. The second kappa shape index (κ2) is 4.91. The van der Waals surface area contributed by atoms with Gasteiger partial charge in [0.1, 0.15) is 5.75 Å². The summed E-state index contributed by atoms with van der Waals surface area (Å²) >= 11 is 4.75. The van der Waals surface area contributed by atoms with Gasteiger partial charge >= 0.3 is 6.36 Å². The molecule has 0 bridgehead atoms. The maximum Gasteiger partial charge on any atom is 0.573 e. The molecular formula is C9H5BrF3IO2. The summed E-state index contributed by atoms with van der Waals surface area (Å²) in [5, 5.41) is 0. The normalized spacial score (nSPS) is 11.4. The first-order valence-corrected chi connectivity index (χ1v) is 5.84. The first-order valence-electron chi connectivity index (χ1n) is 3.97. The van der Waals surface area contributed by atoms with Gasteiger partial charge in [-0.1, -0.05) is 15.9 Å². The molecule has 2 nitrogen and oxygen atoms in total. The topological polar surface area (TPSA) is 26.3 Å². The molecule has 0 atom stereocenters. The van der Waals surface area contributed by atoms with E-state index < -0.39 is 6.36 Å². The summed E-state index contributed by atoms with van der Waals surface area (Å²) in [5.74, 6) is -0.703. The molecule has 16 heavy (non-hydrogen) atoms. The third-order valence-electron chi connectivity index (χ3n) is 1.63. The van der Waals surface area contributed by atoms with Crippen LogP contribution in [-0.2, 0) is 0 Å². The second-order valence-corrected chi connectivity index (χ2v) is 4.77. The molecule has 0 N–H and O–H groups in total. The van der Waals surface area contributed by atoms with Crippen molar-refractivity contribution in [1.29, 1.82) is 0 Å². The number of halogens is 5. The lowest BCUT2D eigenvalue weighted by Crippen LogP contribution is -2.18. The van der Waals surface area contributed by atoms with Gasteiger partial charge in [0.15, 0.2) is 5.78 Å². The molecule has 0 heterocycles. The highest BCUT2D eigenvalue weighted by atomic mass is 127. The van der Waals surface area contributed by atoms with Gasteiger partial charge in [0.2, 0.25) is 0 Å². The third-order valence-corrected chi connectivity index (χ3v) is 3.37. The summed E-state index contributed by atoms with van der Waals surface area (Å²) in [4.78, 5) is 11.2. The fourth-order valence-electron chi connectivity index (χ4n) is 1.06. The molecule has 0 saturated carbocycles. The Kier molecular flexibility index (Phi) is 4.22. The number of carbonyl (C=O) groups excluding carboxylic acids is 1. The van der Waals surface area contributed by atoms with Crippen molar-refractivity contribution >= 4 is 44.3 Å². The fourth-order valence-corrected chi connectivity index (χ4v) is 3.00. The molecular weight excluding hydrogens is 404 g/mol. The number of rotatable bonds is 2. The predicted octanol–water partition coefficient (Wildman–Crippen LogP) is 4.15. The Morgan fingerprint density at radius 3 is 2.44 bits per heavy atom. The van der Waals surface area contributed by atoms with Gasteiger partial charge in [-0.25, -0.2) is 0 Å². The van der Waals surface area contributed by atoms with Gasteiger partial charge in [0.05, 0.1) is 3.57 Å². The van der Waals surface area contributed by atoms with E-state index in [9.17, 15) is 18.0 Å². The Morgan fingerprint density at radius 2 is 2.00 bits per heavy atom. The molecule has 0 aromatic heterocycles. The van der Waals surface area contributed by atoms with Crippen LogP contribution in [0, 0.1) is 3.57 Å². The van der Waals surface area contributed by atoms with Crippen LogP contribution in [0.2, 0.25) is 0 Å². The van der Waals surface area contributed by atoms with Crippen molar-refractivity contribution in [2.24, 2.45) is 0 Å². The zero-order chi connectivity index (χ0) is 12.5. The molecule has 0 aliphatic carbocycles. The van der Waals surface area contributed by atoms with E-state index in [0.717, 1.165) is 6.07 Å². The standard InChI is InChI=1S/C9H5BrF3IO2/c1-4(15)7-5(10)2-3-6(8(7)14)16-9(11,12)13/h2-3H,1H3. The molecule has 0 aliphatic heterocycles. The minimum absolute atomic E-state index is 0.136. The van der Waals surface area contributed by atoms with E-state index in [1.807, 2.05) is 0 Å². The van der Waals surface area contributed by atoms with E-state index in [1.54, 1.807) is 22.6 Å². The number of carbonyl (C=O) groups is 1. The Morgan fingerprint density at radius 1 is 1.44 bits per heavy atom. The van der Waals surface area contributed by atoms with Crippen molar-refractivity contribution in [3.8, 4) is 5.75 Å². The Bertz CT molecular complexity index is 431. The zero-order valence-corrected chi connectivity index (χ0v) is 11.6. The molecule has 0 unspecified atom stereocenters. The number of Topliss-reactive ketones (excluding diaryl/α,β-unsaturated/α-hetero) is 1. The van der Waals surface area contributed by atoms with Crippen molar-refractivity contribution in [2.75, 3.05) is 0 Å². The number of hydrogen-bond donors (Lipinski definition) is 0. The van der Waals surface area contributed by atoms with Crippen LogP contribution in [0.4, 0.5) is 13.2 Å². The average molecular weight is 409 g/mol. The number of alkyl halides is 3. The van der Waals surface area contributed by atoms with Crippen LogP contribution in [0.1, 0.15) is 17.3 Å². The SMILES string of the molecule is CC(=O)c1c(Br)ccc(OC(F)(F)F)c1I. The highest BCUT2D eigenvalue weighted by molar-refractivity contribution is 14.1. The first-order chi connectivity index (χ1) is 7.22. The van der Waals surface area contributed by atoms with E-state index in [2.05, 4.69) is 20.7 Å². The molecule has 1 aromatic rings. The summed E-state index contributed by atoms with van der Waals surface area (Å²) in [6.45, 7) is 1.28. The van der Waals surface area contributed by atoms with Gasteiger partial charge in [-0.2, -0.15) is 0 Å². The van der Waals surface area contributed by atoms with Gasteiger partial charge in [0.25, 0.3) is 0 Å². The van der Waals surface area contributed by atoms with Crippen molar-refractivity contribution < 1.29 is 22.7 Å². The Hall–Kier alpha value is -0.310. The van der Waals surface area contributed by atoms with Crippen LogP contribution in [0.25, 0.3) is 0 Å². The van der Waals surface area contributed by atoms with Crippen LogP contribution in [0.3, 0.4) is 0 Å². The molecule has 0 radical (unpaired) electrons. The van der Waals surface area contributed by atoms with E-state index >= 15 is 0 Å². The summed E-state index contributed by atoms with van der Waals surface area (Å²) in [6.07, 6.45) is -4.76. The zero-order valence-electron chi connectivity index (χ0n) is 7.86. The average Bonchev–Trinajstić information content (AvgIpc) is 2.07. The fraction of sp³-hybridized carbons (Fsp3) is 0.222. The summed E-state index contributed by atoms with van der Waals surface area (Å²) in [5.41, 5.74) is 0.183. The maximum atomic E-state index is 12.0. The predicted molar refractivity (Wildman–Crippen MR) is 63.5 cm³/mol. The first kappa shape index (κ1) is 13.8. The Labute approximate surface area is 111 Å². The highest BCUT2D eigenvalue weighted by Gasteiger charge is 2.32. The molecule has 0 amide bonds. The number of benzene rings is 1. The molecule has 0 saturated heterocycles. The molecule has 0 aliphatic rings. The molecule has 7 heteroatoms. The largest absolute Gasteiger partial charge is 0.573 e. The highest BCUT2D eigenvalue weighted by Crippen LogP contribution is 2.33. The van der Waals surface area contributed by atoms with E-state index in [0.29, 0.717) is 4.47 Å². The monoisotopic (exact) mass is 408 g/mol. The van der Waals surface area contributed by atoms with Crippen LogP contribution < -0.4 is 4.74 Å². The van der Waals surface area contributed by atoms with Crippen LogP contribution in [-0.4, -0.2) is 12.1 Å². The van der Waals surface area contributed by atoms with E-state index in [1.165, 1.54) is 13.0 Å². The van der Waals surface area contributed by atoms with Gasteiger partial charge in [-0.05, 0) is 41.6 Å². The van der Waals surface area contributed by atoms with Gasteiger partial charge < -0.3 is 4.74 Å². The van der Waals surface area contributed by atoms with Crippen molar-refractivity contribution in [3.63, 3.8) is 0 Å². The molecule has 0 fully saturated rings. The van der Waals surface area contributed by atoms with Crippen molar-refractivity contribution in [3.05, 3.63) is 25.7 Å². The van der Waals surface area contributed by atoms with Crippen molar-refractivity contribution in [1.82, 2.24) is 0 Å². The third kappa shape index (κ3) is 3.34. The van der Waals surface area contributed by atoms with E-state index in [-0.39, 0.29) is 20.7 Å². The van der Waals surface area contributed by atoms with Crippen LogP contribution in [0.5, 0.6) is 5.75 Å².